The summed E-state index contributed by atoms with van der Waals surface area (Å²) < 4.78 is 60.0. The Balaban J connectivity index is 1.78. The minimum atomic E-state index is -4.25. The van der Waals surface area contributed by atoms with Gasteiger partial charge in [0.1, 0.15) is 5.82 Å². The van der Waals surface area contributed by atoms with Crippen LogP contribution >= 0.6 is 11.8 Å². The van der Waals surface area contributed by atoms with Crippen molar-refractivity contribution in [3.63, 3.8) is 0 Å². The molecule has 0 radical (unpaired) electrons. The van der Waals surface area contributed by atoms with Crippen molar-refractivity contribution in [1.82, 2.24) is 4.57 Å². The van der Waals surface area contributed by atoms with E-state index in [0.29, 0.717) is 35.7 Å². The van der Waals surface area contributed by atoms with Gasteiger partial charge in [-0.3, -0.25) is 0 Å². The number of fused-ring (bicyclic) bond motifs is 2. The molecular formula is C29H36F4N2S. The van der Waals surface area contributed by atoms with Gasteiger partial charge in [0, 0.05) is 46.2 Å². The molecule has 1 N–H and O–H groups in total. The Hall–Kier alpha value is -2.15. The van der Waals surface area contributed by atoms with Crippen LogP contribution in [0.1, 0.15) is 75.1 Å². The number of thioether (sulfide) groups is 1. The predicted molar refractivity (Wildman–Crippen MR) is 142 cm³/mol. The molecule has 36 heavy (non-hydrogen) atoms. The number of nitrogens with zero attached hydrogens (tertiary/aromatic N) is 1. The average molecular weight is 521 g/mol. The zero-order valence-corrected chi connectivity index (χ0v) is 22.4. The number of benzene rings is 1. The van der Waals surface area contributed by atoms with Crippen LogP contribution in [0, 0.1) is 24.6 Å². The molecule has 1 heterocycles. The number of allylic oxidation sites excluding steroid dienone is 2. The molecule has 4 rings (SSSR count). The van der Waals surface area contributed by atoms with Crippen LogP contribution in [-0.4, -0.2) is 17.0 Å². The maximum absolute atomic E-state index is 14.6. The van der Waals surface area contributed by atoms with Crippen molar-refractivity contribution in [3.05, 3.63) is 64.8 Å². The summed E-state index contributed by atoms with van der Waals surface area (Å²) in [5.74, 6) is -2.67. The van der Waals surface area contributed by atoms with E-state index < -0.39 is 18.0 Å². The van der Waals surface area contributed by atoms with Gasteiger partial charge >= 0.3 is 6.18 Å². The largest absolute Gasteiger partial charge is 0.393 e. The molecule has 2 nitrogen and oxygen atoms in total. The molecule has 0 spiro atoms. The van der Waals surface area contributed by atoms with Crippen molar-refractivity contribution in [1.29, 1.82) is 0 Å². The lowest BCUT2D eigenvalue weighted by Crippen LogP contribution is -2.31. The Bertz CT molecular complexity index is 1160. The molecule has 0 saturated heterocycles. The van der Waals surface area contributed by atoms with Crippen molar-refractivity contribution in [2.45, 2.75) is 82.8 Å². The highest BCUT2D eigenvalue weighted by atomic mass is 32.2. The molecule has 7 heteroatoms. The molecule has 2 aromatic rings. The summed E-state index contributed by atoms with van der Waals surface area (Å²) in [6.45, 7) is 10.9. The number of rotatable bonds is 9. The van der Waals surface area contributed by atoms with Crippen LogP contribution in [0.15, 0.2) is 47.0 Å². The quantitative estimate of drug-likeness (QED) is 0.202. The van der Waals surface area contributed by atoms with E-state index in [1.807, 2.05) is 30.9 Å². The van der Waals surface area contributed by atoms with Gasteiger partial charge in [-0.2, -0.15) is 13.2 Å². The molecule has 2 aliphatic rings. The predicted octanol–water partition coefficient (Wildman–Crippen LogP) is 9.32. The minimum absolute atomic E-state index is 0.317. The highest BCUT2D eigenvalue weighted by Gasteiger charge is 2.57. The van der Waals surface area contributed by atoms with E-state index in [1.165, 1.54) is 23.4 Å². The first-order valence-electron chi connectivity index (χ1n) is 12.9. The number of aryl methyl sites for hydroxylation is 1. The van der Waals surface area contributed by atoms with E-state index >= 15 is 0 Å². The van der Waals surface area contributed by atoms with Crippen LogP contribution in [0.5, 0.6) is 0 Å². The van der Waals surface area contributed by atoms with Gasteiger partial charge in [0.05, 0.1) is 5.92 Å². The molecular weight excluding hydrogens is 484 g/mol. The van der Waals surface area contributed by atoms with E-state index in [9.17, 15) is 17.6 Å². The Labute approximate surface area is 216 Å². The molecule has 0 amide bonds. The monoisotopic (exact) mass is 520 g/mol. The fourth-order valence-corrected chi connectivity index (χ4v) is 6.83. The van der Waals surface area contributed by atoms with Gasteiger partial charge < -0.3 is 9.88 Å². The van der Waals surface area contributed by atoms with Crippen LogP contribution in [0.3, 0.4) is 0 Å². The molecule has 1 aromatic heterocycles. The van der Waals surface area contributed by atoms with Crippen LogP contribution in [0.2, 0.25) is 0 Å². The second-order valence-corrected chi connectivity index (χ2v) is 11.0. The van der Waals surface area contributed by atoms with Crippen molar-refractivity contribution < 1.29 is 17.6 Å². The smallest absolute Gasteiger partial charge is 0.355 e. The molecule has 1 saturated carbocycles. The van der Waals surface area contributed by atoms with E-state index in [2.05, 4.69) is 18.8 Å². The van der Waals surface area contributed by atoms with Crippen LogP contribution < -0.4 is 5.32 Å². The lowest BCUT2D eigenvalue weighted by Gasteiger charge is -2.28. The van der Waals surface area contributed by atoms with Crippen LogP contribution in [-0.2, 0) is 6.54 Å². The zero-order valence-electron chi connectivity index (χ0n) is 21.6. The van der Waals surface area contributed by atoms with Gasteiger partial charge in [-0.15, -0.1) is 11.8 Å². The highest BCUT2D eigenvalue weighted by molar-refractivity contribution is 7.98. The normalized spacial score (nSPS) is 21.8. The maximum atomic E-state index is 14.6. The summed E-state index contributed by atoms with van der Waals surface area (Å²) in [7, 11) is 0. The van der Waals surface area contributed by atoms with E-state index in [0.717, 1.165) is 48.1 Å². The van der Waals surface area contributed by atoms with Gasteiger partial charge in [-0.1, -0.05) is 38.0 Å². The van der Waals surface area contributed by atoms with Gasteiger partial charge in [-0.05, 0) is 75.0 Å². The first kappa shape index (κ1) is 26.9. The number of nitrogens with one attached hydrogen (secondary N) is 1. The minimum Gasteiger partial charge on any atom is -0.355 e. The van der Waals surface area contributed by atoms with Gasteiger partial charge in [0.15, 0.2) is 0 Å². The number of aromatic nitrogens is 1. The third kappa shape index (κ3) is 5.00. The van der Waals surface area contributed by atoms with Gasteiger partial charge in [0.25, 0.3) is 0 Å². The Morgan fingerprint density at radius 2 is 1.97 bits per heavy atom. The second kappa shape index (κ2) is 10.7. The maximum Gasteiger partial charge on any atom is 0.393 e. The second-order valence-electron chi connectivity index (χ2n) is 10.1. The summed E-state index contributed by atoms with van der Waals surface area (Å²) in [5, 5.41) is 3.19. The number of hydrogen-bond acceptors (Lipinski definition) is 2. The molecule has 1 fully saturated rings. The molecule has 196 valence electrons. The van der Waals surface area contributed by atoms with Gasteiger partial charge in [-0.25, -0.2) is 4.39 Å². The van der Waals surface area contributed by atoms with E-state index in [4.69, 9.17) is 0 Å². The third-order valence-electron chi connectivity index (χ3n) is 7.84. The van der Waals surface area contributed by atoms with Crippen molar-refractivity contribution in [2.24, 2.45) is 11.8 Å². The van der Waals surface area contributed by atoms with Crippen molar-refractivity contribution >= 4 is 23.1 Å². The summed E-state index contributed by atoms with van der Waals surface area (Å²) in [6, 6.07) is 4.93. The van der Waals surface area contributed by atoms with Crippen LogP contribution in [0.4, 0.5) is 23.2 Å². The fourth-order valence-electron chi connectivity index (χ4n) is 6.37. The number of halogens is 4. The molecule has 2 unspecified atom stereocenters. The Kier molecular flexibility index (Phi) is 7.98. The molecule has 3 atom stereocenters. The number of anilines is 1. The van der Waals surface area contributed by atoms with Gasteiger partial charge in [0.2, 0.25) is 0 Å². The number of alkyl halides is 3. The first-order valence-corrected chi connectivity index (χ1v) is 14.1. The molecule has 2 aliphatic carbocycles. The molecule has 0 aliphatic heterocycles. The third-order valence-corrected chi connectivity index (χ3v) is 8.61. The topological polar surface area (TPSA) is 17.0 Å². The fraction of sp³-hybridized carbons (Fsp3) is 0.517. The summed E-state index contributed by atoms with van der Waals surface area (Å²) in [5.41, 5.74) is 5.77. The SMILES string of the molecule is C=C(Nc1ccc(SC)c(F)c1)c1cn(CCC)c(C2C3=C(CCC)CC[C@H](C3)C2C(F)(F)F)c1C. The molecule has 2 bridgehead atoms. The lowest BCUT2D eigenvalue weighted by atomic mass is 9.84. The van der Waals surface area contributed by atoms with E-state index in [1.54, 1.807) is 12.1 Å². The summed E-state index contributed by atoms with van der Waals surface area (Å²) >= 11 is 1.34. The average Bonchev–Trinajstić information content (AvgIpc) is 3.30. The van der Waals surface area contributed by atoms with E-state index in [-0.39, 0.29) is 11.7 Å². The Morgan fingerprint density at radius 1 is 1.22 bits per heavy atom. The van der Waals surface area contributed by atoms with Crippen LogP contribution in [0.25, 0.3) is 5.70 Å². The number of hydrogen-bond donors (Lipinski definition) is 1. The summed E-state index contributed by atoms with van der Waals surface area (Å²) in [4.78, 5) is 0.556. The highest BCUT2D eigenvalue weighted by Crippen LogP contribution is 2.60. The standard InChI is InChI=1S/C29H36F4N2S/c1-6-8-19-9-10-20-14-22(19)26(27(20)29(31,32)33)28-17(3)23(16-35(28)13-7-2)18(4)34-21-11-12-25(36-5)24(30)15-21/h11-12,15-16,20,26-27,34H,4,6-10,13-14H2,1-3,5H3/t20-,26?,27?/m1/s1. The molecule has 1 aromatic carbocycles. The van der Waals surface area contributed by atoms with Crippen molar-refractivity contribution in [2.75, 3.05) is 11.6 Å². The van der Waals surface area contributed by atoms with Crippen molar-refractivity contribution in [3.8, 4) is 0 Å². The zero-order chi connectivity index (χ0) is 26.2. The first-order chi connectivity index (χ1) is 17.1. The lowest BCUT2D eigenvalue weighted by molar-refractivity contribution is -0.187. The summed E-state index contributed by atoms with van der Waals surface area (Å²) in [6.07, 6.45) is 4.08. The Morgan fingerprint density at radius 3 is 2.58 bits per heavy atom.